The van der Waals surface area contributed by atoms with E-state index in [4.69, 9.17) is 28.4 Å². The standard InChI is InChI=1S/C48H76O16/c1-11-23(2)39(57)60-22-48-25(18-43(3,4)19-29(48)50)24-12-13-28-45(7)16-15-31(44(5,6)27(45)14-17-46(28,8)47(24,9)20-30(48)51)62-42-36(56)37(35(55)38(64-42)40(58)59-10)63-41-34(54)33(53)32(52)26(21-49)61-41/h11-12,25-38,41-42,49-56H,13-22H2,1-10H3. The molecule has 0 aromatic carbocycles. The summed E-state index contributed by atoms with van der Waals surface area (Å²) >= 11 is 0. The molecule has 0 aromatic rings. The summed E-state index contributed by atoms with van der Waals surface area (Å²) in [6, 6.07) is 0. The van der Waals surface area contributed by atoms with Crippen LogP contribution in [0.1, 0.15) is 114 Å². The Hall–Kier alpha value is -2.06. The molecular weight excluding hydrogens is 833 g/mol. The van der Waals surface area contributed by atoms with Gasteiger partial charge in [-0.15, -0.1) is 0 Å². The summed E-state index contributed by atoms with van der Waals surface area (Å²) < 4.78 is 34.9. The average molecular weight is 909 g/mol. The van der Waals surface area contributed by atoms with Crippen molar-refractivity contribution >= 4 is 11.9 Å². The van der Waals surface area contributed by atoms with Gasteiger partial charge in [-0.25, -0.2) is 9.59 Å². The number of rotatable bonds is 9. The molecule has 0 aromatic heterocycles. The van der Waals surface area contributed by atoms with Crippen LogP contribution in [0, 0.1) is 50.2 Å². The van der Waals surface area contributed by atoms with Gasteiger partial charge in [0.1, 0.15) is 49.3 Å². The first-order valence-corrected chi connectivity index (χ1v) is 23.4. The molecule has 7 rings (SSSR count). The predicted octanol–water partition coefficient (Wildman–Crippen LogP) is 2.43. The van der Waals surface area contributed by atoms with E-state index < -0.39 is 115 Å². The van der Waals surface area contributed by atoms with Crippen LogP contribution in [-0.2, 0) is 38.0 Å². The van der Waals surface area contributed by atoms with Crippen LogP contribution >= 0.6 is 0 Å². The van der Waals surface area contributed by atoms with Gasteiger partial charge in [0.15, 0.2) is 18.7 Å². The number of carbonyl (C=O) groups is 2. The quantitative estimate of drug-likeness (QED) is 0.0716. The van der Waals surface area contributed by atoms with Crippen molar-refractivity contribution in [2.45, 2.75) is 193 Å². The van der Waals surface area contributed by atoms with E-state index in [2.05, 4.69) is 54.5 Å². The topological polar surface area (TPSA) is 251 Å². The lowest BCUT2D eigenvalue weighted by Gasteiger charge is -2.72. The summed E-state index contributed by atoms with van der Waals surface area (Å²) in [5.41, 5.74) is -0.901. The van der Waals surface area contributed by atoms with Gasteiger partial charge in [-0.3, -0.25) is 0 Å². The van der Waals surface area contributed by atoms with E-state index in [0.29, 0.717) is 24.8 Å². The highest BCUT2D eigenvalue weighted by atomic mass is 16.7. The number of methoxy groups -OCH3 is 1. The zero-order chi connectivity index (χ0) is 47.3. The summed E-state index contributed by atoms with van der Waals surface area (Å²) in [6.07, 6.45) is -9.49. The van der Waals surface area contributed by atoms with Crippen LogP contribution in [0.25, 0.3) is 0 Å². The molecule has 5 aliphatic carbocycles. The summed E-state index contributed by atoms with van der Waals surface area (Å²) in [5, 5.41) is 88.8. The van der Waals surface area contributed by atoms with Gasteiger partial charge < -0.3 is 69.3 Å². The maximum Gasteiger partial charge on any atom is 0.337 e. The van der Waals surface area contributed by atoms with Crippen molar-refractivity contribution in [3.8, 4) is 0 Å². The molecule has 0 radical (unpaired) electrons. The Balaban J connectivity index is 1.15. The molecule has 16 nitrogen and oxygen atoms in total. The molecule has 16 heteroatoms. The maximum atomic E-state index is 13.0. The lowest BCUT2D eigenvalue weighted by molar-refractivity contribution is -0.365. The number of ether oxygens (including phenoxy) is 6. The van der Waals surface area contributed by atoms with Crippen molar-refractivity contribution in [2.75, 3.05) is 20.3 Å². The highest BCUT2D eigenvalue weighted by molar-refractivity contribution is 5.87. The smallest absolute Gasteiger partial charge is 0.337 e. The SMILES string of the molecule is CC=C(C)C(=O)OCC12C(O)CC(C)(C)CC1C1=CCC3C4(C)CCC(OC5OC(C(=O)OC)C(O)C(OC6OC(CO)C(O)C(O)C6O)C5O)C(C)(C)C4CCC3(C)C1(C)CC2O. The Bertz CT molecular complexity index is 1810. The Morgan fingerprint density at radius 2 is 1.45 bits per heavy atom. The van der Waals surface area contributed by atoms with E-state index in [0.717, 1.165) is 39.2 Å². The summed E-state index contributed by atoms with van der Waals surface area (Å²) in [7, 11) is 1.12. The Labute approximate surface area is 377 Å². The van der Waals surface area contributed by atoms with Gasteiger partial charge in [-0.2, -0.15) is 0 Å². The molecule has 364 valence electrons. The Morgan fingerprint density at radius 3 is 2.09 bits per heavy atom. The zero-order valence-corrected chi connectivity index (χ0v) is 39.3. The Kier molecular flexibility index (Phi) is 13.6. The van der Waals surface area contributed by atoms with Crippen LogP contribution in [0.3, 0.4) is 0 Å². The van der Waals surface area contributed by atoms with Gasteiger partial charge in [-0.05, 0) is 110 Å². The molecule has 2 aliphatic heterocycles. The van der Waals surface area contributed by atoms with E-state index in [9.17, 15) is 50.4 Å². The van der Waals surface area contributed by atoms with Crippen LogP contribution < -0.4 is 0 Å². The van der Waals surface area contributed by atoms with Gasteiger partial charge in [-0.1, -0.05) is 66.2 Å². The molecule has 4 saturated carbocycles. The van der Waals surface area contributed by atoms with Crippen LogP contribution in [0.15, 0.2) is 23.3 Å². The van der Waals surface area contributed by atoms with Gasteiger partial charge in [0, 0.05) is 5.57 Å². The highest BCUT2D eigenvalue weighted by Crippen LogP contribution is 2.76. The predicted molar refractivity (Wildman–Crippen MR) is 228 cm³/mol. The van der Waals surface area contributed by atoms with E-state index in [1.165, 1.54) is 5.57 Å². The van der Waals surface area contributed by atoms with Gasteiger partial charge in [0.05, 0.1) is 37.4 Å². The third-order valence-electron chi connectivity index (χ3n) is 18.4. The monoisotopic (exact) mass is 909 g/mol. The molecule has 64 heavy (non-hydrogen) atoms. The molecule has 7 aliphatic rings. The third kappa shape index (κ3) is 7.65. The molecule has 0 amide bonds. The van der Waals surface area contributed by atoms with E-state index in [-0.39, 0.29) is 40.6 Å². The summed E-state index contributed by atoms with van der Waals surface area (Å²) in [4.78, 5) is 26.0. The molecular formula is C48H76O16. The molecule has 20 unspecified atom stereocenters. The molecule has 2 heterocycles. The minimum Gasteiger partial charge on any atom is -0.467 e. The first-order valence-electron chi connectivity index (χ1n) is 23.4. The molecule has 6 fully saturated rings. The minimum absolute atomic E-state index is 0.0671. The number of carbonyl (C=O) groups excluding carboxylic acids is 2. The van der Waals surface area contributed by atoms with E-state index in [1.54, 1.807) is 19.9 Å². The lowest BCUT2D eigenvalue weighted by Crippen LogP contribution is -2.69. The second-order valence-corrected chi connectivity index (χ2v) is 22.5. The maximum absolute atomic E-state index is 13.0. The fourth-order valence-corrected chi connectivity index (χ4v) is 14.5. The van der Waals surface area contributed by atoms with Crippen LogP contribution in [0.5, 0.6) is 0 Å². The molecule has 2 saturated heterocycles. The third-order valence-corrected chi connectivity index (χ3v) is 18.4. The summed E-state index contributed by atoms with van der Waals surface area (Å²) in [6.45, 7) is 18.4. The molecule has 0 spiro atoms. The number of allylic oxidation sites excluding steroid dienone is 3. The largest absolute Gasteiger partial charge is 0.467 e. The average Bonchev–Trinajstić information content (AvgIpc) is 3.22. The van der Waals surface area contributed by atoms with Gasteiger partial charge >= 0.3 is 11.9 Å². The van der Waals surface area contributed by atoms with Crippen LogP contribution in [-0.4, -0.2) is 153 Å². The van der Waals surface area contributed by atoms with E-state index in [1.807, 2.05) is 0 Å². The zero-order valence-electron chi connectivity index (χ0n) is 39.3. The van der Waals surface area contributed by atoms with Crippen LogP contribution in [0.2, 0.25) is 0 Å². The number of esters is 2. The van der Waals surface area contributed by atoms with Crippen molar-refractivity contribution in [1.29, 1.82) is 0 Å². The summed E-state index contributed by atoms with van der Waals surface area (Å²) in [5.74, 6) is -1.28. The second kappa shape index (κ2) is 17.5. The number of aliphatic hydroxyl groups excluding tert-OH is 8. The van der Waals surface area contributed by atoms with Crippen molar-refractivity contribution in [1.82, 2.24) is 0 Å². The van der Waals surface area contributed by atoms with Gasteiger partial charge in [0.25, 0.3) is 0 Å². The van der Waals surface area contributed by atoms with Gasteiger partial charge in [0.2, 0.25) is 0 Å². The van der Waals surface area contributed by atoms with Crippen molar-refractivity contribution in [2.24, 2.45) is 50.2 Å². The fraction of sp³-hybridized carbons (Fsp3) is 0.875. The van der Waals surface area contributed by atoms with Crippen molar-refractivity contribution in [3.63, 3.8) is 0 Å². The van der Waals surface area contributed by atoms with Crippen LogP contribution in [0.4, 0.5) is 0 Å². The lowest BCUT2D eigenvalue weighted by atomic mass is 9.33. The first-order chi connectivity index (χ1) is 29.8. The second-order valence-electron chi connectivity index (χ2n) is 22.5. The van der Waals surface area contributed by atoms with E-state index >= 15 is 0 Å². The minimum atomic E-state index is -1.84. The Morgan fingerprint density at radius 1 is 0.797 bits per heavy atom. The number of aliphatic hydroxyl groups is 8. The number of fused-ring (bicyclic) bond motifs is 7. The molecule has 20 atom stereocenters. The number of hydrogen-bond donors (Lipinski definition) is 8. The van der Waals surface area contributed by atoms with Crippen molar-refractivity contribution in [3.05, 3.63) is 23.3 Å². The highest BCUT2D eigenvalue weighted by Gasteiger charge is 2.72. The van der Waals surface area contributed by atoms with Crippen molar-refractivity contribution < 1.29 is 78.9 Å². The fourth-order valence-electron chi connectivity index (χ4n) is 14.5. The molecule has 8 N–H and O–H groups in total. The number of hydrogen-bond acceptors (Lipinski definition) is 16. The molecule has 0 bridgehead atoms. The normalized spacial score (nSPS) is 49.8. The first kappa shape index (κ1) is 49.8.